The summed E-state index contributed by atoms with van der Waals surface area (Å²) in [6.45, 7) is 1.52. The summed E-state index contributed by atoms with van der Waals surface area (Å²) in [6, 6.07) is 0. The molecule has 1 N–H and O–H groups in total. The van der Waals surface area contributed by atoms with Gasteiger partial charge in [-0.25, -0.2) is 0 Å². The Labute approximate surface area is 65.4 Å². The van der Waals surface area contributed by atoms with E-state index in [0.29, 0.717) is 0 Å². The lowest BCUT2D eigenvalue weighted by molar-refractivity contribution is 0.409. The highest BCUT2D eigenvalue weighted by atomic mass is 79.9. The van der Waals surface area contributed by atoms with Gasteiger partial charge in [0.05, 0.1) is 0 Å². The van der Waals surface area contributed by atoms with Crippen molar-refractivity contribution >= 4 is 15.9 Å². The van der Waals surface area contributed by atoms with E-state index in [1.54, 1.807) is 0 Å². The Morgan fingerprint density at radius 3 is 2.80 bits per heavy atom. The average molecular weight is 205 g/mol. The molecule has 10 heavy (non-hydrogen) atoms. The van der Waals surface area contributed by atoms with Crippen molar-refractivity contribution in [1.29, 1.82) is 0 Å². The zero-order chi connectivity index (χ0) is 7.72. The molecule has 1 heterocycles. The molecule has 0 amide bonds. The van der Waals surface area contributed by atoms with Crippen LogP contribution in [0.5, 0.6) is 5.75 Å². The van der Waals surface area contributed by atoms with Crippen LogP contribution >= 0.6 is 15.9 Å². The van der Waals surface area contributed by atoms with Gasteiger partial charge in [-0.2, -0.15) is 0 Å². The van der Waals surface area contributed by atoms with E-state index in [1.165, 1.54) is 13.2 Å². The monoisotopic (exact) mass is 204 g/mol. The van der Waals surface area contributed by atoms with E-state index >= 15 is 0 Å². The molecule has 0 aromatic carbocycles. The maximum atomic E-state index is 10.8. The first-order chi connectivity index (χ1) is 4.63. The van der Waals surface area contributed by atoms with Gasteiger partial charge in [0.15, 0.2) is 0 Å². The molecule has 0 saturated heterocycles. The first kappa shape index (κ1) is 7.34. The van der Waals surface area contributed by atoms with Crippen molar-refractivity contribution in [3.63, 3.8) is 0 Å². The van der Waals surface area contributed by atoms with Gasteiger partial charge in [0.1, 0.15) is 16.5 Å². The Hall–Kier alpha value is -0.770. The largest absolute Gasteiger partial charge is 0.502 e. The summed E-state index contributed by atoms with van der Waals surface area (Å²) in [6.07, 6.45) is 1.25. The van der Waals surface area contributed by atoms with Gasteiger partial charge >= 0.3 is 0 Å². The first-order valence-corrected chi connectivity index (χ1v) is 3.39. The molecule has 0 aliphatic heterocycles. The molecule has 0 radical (unpaired) electrons. The molecule has 0 spiro atoms. The molecule has 0 aliphatic rings. The van der Waals surface area contributed by atoms with Gasteiger partial charge in [0.25, 0.3) is 0 Å². The number of rotatable bonds is 0. The van der Waals surface area contributed by atoms with E-state index < -0.39 is 5.43 Å². The van der Waals surface area contributed by atoms with Crippen LogP contribution < -0.4 is 5.43 Å². The van der Waals surface area contributed by atoms with E-state index in [0.717, 1.165) is 0 Å². The molecule has 3 nitrogen and oxygen atoms in total. The topological polar surface area (TPSA) is 50.4 Å². The first-order valence-electron chi connectivity index (χ1n) is 2.60. The Bertz CT molecular complexity index is 302. The summed E-state index contributed by atoms with van der Waals surface area (Å²) in [7, 11) is 0. The highest BCUT2D eigenvalue weighted by Gasteiger charge is 2.05. The van der Waals surface area contributed by atoms with Crippen molar-refractivity contribution in [3.8, 4) is 5.75 Å². The Kier molecular flexibility index (Phi) is 1.80. The molecule has 1 rings (SSSR count). The summed E-state index contributed by atoms with van der Waals surface area (Å²) in [5, 5.41) is 8.95. The smallest absolute Gasteiger partial charge is 0.240 e. The van der Waals surface area contributed by atoms with Crippen LogP contribution in [0.1, 0.15) is 5.76 Å². The van der Waals surface area contributed by atoms with Crippen LogP contribution in [-0.2, 0) is 0 Å². The Balaban J connectivity index is 3.50. The molecule has 54 valence electrons. The molecule has 0 aliphatic carbocycles. The zero-order valence-electron chi connectivity index (χ0n) is 5.22. The second-order valence-electron chi connectivity index (χ2n) is 1.82. The Morgan fingerprint density at radius 2 is 2.30 bits per heavy atom. The normalized spacial score (nSPS) is 9.80. The van der Waals surface area contributed by atoms with Crippen LogP contribution in [0.15, 0.2) is 19.9 Å². The second kappa shape index (κ2) is 2.46. The average Bonchev–Trinajstić information content (AvgIpc) is 1.93. The van der Waals surface area contributed by atoms with E-state index in [2.05, 4.69) is 15.9 Å². The van der Waals surface area contributed by atoms with Gasteiger partial charge in [-0.1, -0.05) is 0 Å². The molecule has 0 saturated carbocycles. The van der Waals surface area contributed by atoms with Gasteiger partial charge in [-0.05, 0) is 22.9 Å². The fourth-order valence-corrected chi connectivity index (χ4v) is 0.804. The van der Waals surface area contributed by atoms with Crippen LogP contribution in [0.4, 0.5) is 0 Å². The maximum absolute atomic E-state index is 10.8. The van der Waals surface area contributed by atoms with Gasteiger partial charge in [-0.3, -0.25) is 4.79 Å². The number of hydrogen-bond acceptors (Lipinski definition) is 3. The minimum Gasteiger partial charge on any atom is -0.502 e. The molecule has 0 atom stereocenters. The Morgan fingerprint density at radius 1 is 1.70 bits per heavy atom. The molecule has 0 bridgehead atoms. The fourth-order valence-electron chi connectivity index (χ4n) is 0.522. The van der Waals surface area contributed by atoms with Crippen LogP contribution in [0.25, 0.3) is 0 Å². The van der Waals surface area contributed by atoms with Gasteiger partial charge in [0, 0.05) is 0 Å². The molecule has 0 fully saturated rings. The van der Waals surface area contributed by atoms with Gasteiger partial charge < -0.3 is 9.52 Å². The van der Waals surface area contributed by atoms with Crippen LogP contribution in [0.2, 0.25) is 0 Å². The highest BCUT2D eigenvalue weighted by molar-refractivity contribution is 9.10. The van der Waals surface area contributed by atoms with E-state index in [1.807, 2.05) is 0 Å². The van der Waals surface area contributed by atoms with Gasteiger partial charge in [-0.15, -0.1) is 0 Å². The maximum Gasteiger partial charge on any atom is 0.240 e. The highest BCUT2D eigenvalue weighted by Crippen LogP contribution is 2.13. The summed E-state index contributed by atoms with van der Waals surface area (Å²) in [5.41, 5.74) is -0.441. The fraction of sp³-hybridized carbons (Fsp3) is 0.167. The van der Waals surface area contributed by atoms with E-state index in [-0.39, 0.29) is 16.0 Å². The van der Waals surface area contributed by atoms with Gasteiger partial charge in [0.2, 0.25) is 11.2 Å². The quantitative estimate of drug-likeness (QED) is 0.696. The van der Waals surface area contributed by atoms with E-state index in [4.69, 9.17) is 9.52 Å². The number of aromatic hydroxyl groups is 1. The third-order valence-electron chi connectivity index (χ3n) is 1.10. The summed E-state index contributed by atoms with van der Waals surface area (Å²) in [4.78, 5) is 10.8. The second-order valence-corrected chi connectivity index (χ2v) is 2.67. The van der Waals surface area contributed by atoms with Crippen molar-refractivity contribution in [3.05, 3.63) is 26.7 Å². The molecule has 4 heteroatoms. The van der Waals surface area contributed by atoms with Crippen molar-refractivity contribution < 1.29 is 9.52 Å². The predicted octanol–water partition coefficient (Wildman–Crippen LogP) is 1.42. The number of hydrogen-bond donors (Lipinski definition) is 1. The van der Waals surface area contributed by atoms with E-state index in [9.17, 15) is 4.79 Å². The minimum absolute atomic E-state index is 0.230. The minimum atomic E-state index is -0.441. The zero-order valence-corrected chi connectivity index (χ0v) is 6.81. The van der Waals surface area contributed by atoms with Crippen molar-refractivity contribution in [1.82, 2.24) is 0 Å². The van der Waals surface area contributed by atoms with Crippen molar-refractivity contribution in [2.24, 2.45) is 0 Å². The molecule has 0 unspecified atom stereocenters. The van der Waals surface area contributed by atoms with Crippen LogP contribution in [0, 0.1) is 6.92 Å². The summed E-state index contributed by atoms with van der Waals surface area (Å²) >= 11 is 2.91. The standard InChI is InChI=1S/C6H5BrO3/c1-3-5(8)6(9)4(7)2-10-3/h2,8H,1H3. The van der Waals surface area contributed by atoms with Crippen molar-refractivity contribution in [2.75, 3.05) is 0 Å². The molecule has 1 aromatic heterocycles. The lowest BCUT2D eigenvalue weighted by Gasteiger charge is -1.94. The lowest BCUT2D eigenvalue weighted by Crippen LogP contribution is -2.01. The van der Waals surface area contributed by atoms with Crippen LogP contribution in [0.3, 0.4) is 0 Å². The molecular formula is C6H5BrO3. The molecular weight excluding hydrogens is 200 g/mol. The summed E-state index contributed by atoms with van der Waals surface area (Å²) < 4.78 is 5.00. The van der Waals surface area contributed by atoms with Crippen LogP contribution in [-0.4, -0.2) is 5.11 Å². The third kappa shape index (κ3) is 1.07. The third-order valence-corrected chi connectivity index (χ3v) is 1.65. The number of aryl methyl sites for hydroxylation is 1. The lowest BCUT2D eigenvalue weighted by atomic mass is 10.4. The summed E-state index contributed by atoms with van der Waals surface area (Å²) in [5.74, 6) is -0.109. The number of halogens is 1. The predicted molar refractivity (Wildman–Crippen MR) is 39.1 cm³/mol. The SMILES string of the molecule is Cc1occ(Br)c(=O)c1O. The molecule has 1 aromatic rings. The van der Waals surface area contributed by atoms with Crippen molar-refractivity contribution in [2.45, 2.75) is 6.92 Å².